The van der Waals surface area contributed by atoms with Crippen molar-refractivity contribution >= 4 is 17.6 Å². The van der Waals surface area contributed by atoms with Gasteiger partial charge in [-0.1, -0.05) is 31.9 Å². The van der Waals surface area contributed by atoms with Crippen molar-refractivity contribution in [3.63, 3.8) is 0 Å². The molecule has 1 heterocycles. The normalized spacial score (nSPS) is 30.8. The quantitative estimate of drug-likeness (QED) is 0.584. The second-order valence-electron chi connectivity index (χ2n) is 9.77. The smallest absolute Gasteiger partial charge is 0.335 e. The Morgan fingerprint density at radius 2 is 1.97 bits per heavy atom. The summed E-state index contributed by atoms with van der Waals surface area (Å²) >= 11 is 6.28. The summed E-state index contributed by atoms with van der Waals surface area (Å²) in [6, 6.07) is 3.05. The van der Waals surface area contributed by atoms with Crippen molar-refractivity contribution in [3.05, 3.63) is 33.8 Å². The van der Waals surface area contributed by atoms with Gasteiger partial charge in [0.25, 0.3) is 0 Å². The molecule has 0 bridgehead atoms. The van der Waals surface area contributed by atoms with E-state index in [4.69, 9.17) is 26.2 Å². The third-order valence-corrected chi connectivity index (χ3v) is 8.09. The zero-order chi connectivity index (χ0) is 22.7. The maximum atomic E-state index is 11.2. The monoisotopic (exact) mass is 452 g/mol. The van der Waals surface area contributed by atoms with Gasteiger partial charge in [-0.25, -0.2) is 4.79 Å². The largest absolute Gasteiger partial charge is 0.478 e. The summed E-state index contributed by atoms with van der Waals surface area (Å²) < 4.78 is 11.9. The number of hydrogen-bond donors (Lipinski definition) is 2. The first-order valence-corrected chi connectivity index (χ1v) is 12.0. The molecule has 1 aliphatic heterocycles. The van der Waals surface area contributed by atoms with Gasteiger partial charge in [-0.05, 0) is 86.0 Å². The molecule has 2 unspecified atom stereocenters. The standard InChI is InChI=1S/C25H37ClO5/c1-14-5-7-20(22-12-31-16(3)6-8-19(14)22)17(4)24(27)13-30-11-21-15(2)9-18(25(28)29)10-23(21)26/h9-10,14,16-17,19-20,22,24,27H,5-8,11-13H2,1-4H3,(H,28,29)/t14-,16?,17-,19+,20+,22?,24-/m1/s1. The number of rotatable bonds is 7. The van der Waals surface area contributed by atoms with E-state index in [2.05, 4.69) is 20.8 Å². The Hall–Kier alpha value is -1.14. The molecule has 7 atom stereocenters. The van der Waals surface area contributed by atoms with Crippen LogP contribution in [0.4, 0.5) is 0 Å². The molecule has 2 N–H and O–H groups in total. The number of aliphatic hydroxyl groups excluding tert-OH is 1. The van der Waals surface area contributed by atoms with Gasteiger partial charge in [0, 0.05) is 5.02 Å². The van der Waals surface area contributed by atoms with E-state index in [0.717, 1.165) is 36.5 Å². The van der Waals surface area contributed by atoms with Crippen LogP contribution in [0.5, 0.6) is 0 Å². The minimum atomic E-state index is -1.00. The summed E-state index contributed by atoms with van der Waals surface area (Å²) in [6.07, 6.45) is 4.44. The molecule has 1 aromatic rings. The van der Waals surface area contributed by atoms with Gasteiger partial charge in [-0.3, -0.25) is 0 Å². The fourth-order valence-electron chi connectivity index (χ4n) is 5.61. The number of hydrogen-bond acceptors (Lipinski definition) is 4. The number of benzene rings is 1. The summed E-state index contributed by atoms with van der Waals surface area (Å²) in [7, 11) is 0. The number of aliphatic hydroxyl groups is 1. The molecular weight excluding hydrogens is 416 g/mol. The fourth-order valence-corrected chi connectivity index (χ4v) is 5.93. The van der Waals surface area contributed by atoms with E-state index >= 15 is 0 Å². The first-order chi connectivity index (χ1) is 14.7. The summed E-state index contributed by atoms with van der Waals surface area (Å²) in [5.41, 5.74) is 1.71. The molecule has 174 valence electrons. The minimum absolute atomic E-state index is 0.128. The lowest BCUT2D eigenvalue weighted by Crippen LogP contribution is -2.42. The lowest BCUT2D eigenvalue weighted by molar-refractivity contribution is -0.0582. The molecule has 6 heteroatoms. The Labute approximate surface area is 191 Å². The van der Waals surface area contributed by atoms with Crippen molar-refractivity contribution in [1.82, 2.24) is 0 Å². The molecule has 1 aromatic carbocycles. The van der Waals surface area contributed by atoms with E-state index < -0.39 is 12.1 Å². The van der Waals surface area contributed by atoms with Crippen LogP contribution in [0.1, 0.15) is 67.9 Å². The van der Waals surface area contributed by atoms with Crippen molar-refractivity contribution in [2.24, 2.45) is 29.6 Å². The zero-order valence-electron chi connectivity index (χ0n) is 19.1. The Bertz CT molecular complexity index is 743. The van der Waals surface area contributed by atoms with Crippen LogP contribution in [0.15, 0.2) is 12.1 Å². The molecule has 3 rings (SSSR count). The summed E-state index contributed by atoms with van der Waals surface area (Å²) in [4.78, 5) is 11.2. The molecule has 2 aliphatic rings. The first kappa shape index (κ1) is 24.5. The Balaban J connectivity index is 1.59. The van der Waals surface area contributed by atoms with Gasteiger partial charge in [0.1, 0.15) is 0 Å². The summed E-state index contributed by atoms with van der Waals surface area (Å²) in [6.45, 7) is 9.78. The van der Waals surface area contributed by atoms with Crippen LogP contribution in [0.25, 0.3) is 0 Å². The average Bonchev–Trinajstić information content (AvgIpc) is 2.92. The second kappa shape index (κ2) is 10.7. The van der Waals surface area contributed by atoms with E-state index in [1.165, 1.54) is 18.9 Å². The van der Waals surface area contributed by atoms with Crippen LogP contribution in [0, 0.1) is 36.5 Å². The Morgan fingerprint density at radius 3 is 2.65 bits per heavy atom. The number of ether oxygens (including phenoxy) is 2. The van der Waals surface area contributed by atoms with E-state index in [1.807, 2.05) is 6.92 Å². The topological polar surface area (TPSA) is 76.0 Å². The highest BCUT2D eigenvalue weighted by atomic mass is 35.5. The molecule has 5 nitrogen and oxygen atoms in total. The number of carboxylic acid groups (broad SMARTS) is 1. The minimum Gasteiger partial charge on any atom is -0.478 e. The van der Waals surface area contributed by atoms with Crippen molar-refractivity contribution < 1.29 is 24.5 Å². The van der Waals surface area contributed by atoms with Crippen LogP contribution in [0.3, 0.4) is 0 Å². The molecule has 0 radical (unpaired) electrons. The molecular formula is C25H37ClO5. The number of halogens is 1. The molecule has 0 amide bonds. The molecule has 0 aromatic heterocycles. The van der Waals surface area contributed by atoms with Crippen molar-refractivity contribution in [2.45, 2.75) is 72.2 Å². The van der Waals surface area contributed by atoms with E-state index in [9.17, 15) is 9.90 Å². The number of fused-ring (bicyclic) bond motifs is 1. The third-order valence-electron chi connectivity index (χ3n) is 7.75. The SMILES string of the molecule is Cc1cc(C(=O)O)cc(Cl)c1COC[C@@H](O)[C@H](C)[C@@H]1CC[C@@H](C)[C@@H]2CCC(C)OCC12. The van der Waals surface area contributed by atoms with Gasteiger partial charge in [-0.15, -0.1) is 0 Å². The second-order valence-corrected chi connectivity index (χ2v) is 10.2. The summed E-state index contributed by atoms with van der Waals surface area (Å²) in [5, 5.41) is 20.4. The van der Waals surface area contributed by atoms with Crippen LogP contribution < -0.4 is 0 Å². The molecule has 2 fully saturated rings. The van der Waals surface area contributed by atoms with Crippen LogP contribution in [-0.4, -0.2) is 41.6 Å². The predicted octanol–water partition coefficient (Wildman–Crippen LogP) is 5.34. The van der Waals surface area contributed by atoms with E-state index in [0.29, 0.717) is 28.9 Å². The number of carboxylic acids is 1. The van der Waals surface area contributed by atoms with Crippen molar-refractivity contribution in [2.75, 3.05) is 13.2 Å². The predicted molar refractivity (Wildman–Crippen MR) is 121 cm³/mol. The van der Waals surface area contributed by atoms with Crippen molar-refractivity contribution in [3.8, 4) is 0 Å². The summed E-state index contributed by atoms with van der Waals surface area (Å²) in [5.74, 6) is 1.45. The van der Waals surface area contributed by atoms with Crippen LogP contribution in [-0.2, 0) is 16.1 Å². The number of aromatic carboxylic acids is 1. The van der Waals surface area contributed by atoms with E-state index in [1.54, 1.807) is 6.07 Å². The number of carbonyl (C=O) groups is 1. The lowest BCUT2D eigenvalue weighted by atomic mass is 9.62. The zero-order valence-corrected chi connectivity index (χ0v) is 19.9. The lowest BCUT2D eigenvalue weighted by Gasteiger charge is -2.44. The average molecular weight is 453 g/mol. The molecule has 0 spiro atoms. The van der Waals surface area contributed by atoms with Crippen molar-refractivity contribution in [1.29, 1.82) is 0 Å². The van der Waals surface area contributed by atoms with Crippen LogP contribution >= 0.6 is 11.6 Å². The fraction of sp³-hybridized carbons (Fsp3) is 0.720. The van der Waals surface area contributed by atoms with Gasteiger partial charge in [0.05, 0.1) is 37.6 Å². The first-order valence-electron chi connectivity index (χ1n) is 11.6. The highest BCUT2D eigenvalue weighted by Gasteiger charge is 2.42. The van der Waals surface area contributed by atoms with Gasteiger partial charge in [0.2, 0.25) is 0 Å². The van der Waals surface area contributed by atoms with Gasteiger partial charge in [-0.2, -0.15) is 0 Å². The maximum Gasteiger partial charge on any atom is 0.335 e. The number of aryl methyl sites for hydroxylation is 1. The Kier molecular flexibility index (Phi) is 8.42. The Morgan fingerprint density at radius 1 is 1.23 bits per heavy atom. The van der Waals surface area contributed by atoms with Gasteiger partial charge in [0.15, 0.2) is 0 Å². The highest BCUT2D eigenvalue weighted by molar-refractivity contribution is 6.31. The van der Waals surface area contributed by atoms with Gasteiger partial charge >= 0.3 is 5.97 Å². The molecule has 31 heavy (non-hydrogen) atoms. The van der Waals surface area contributed by atoms with Crippen LogP contribution in [0.2, 0.25) is 5.02 Å². The van der Waals surface area contributed by atoms with Gasteiger partial charge < -0.3 is 19.7 Å². The van der Waals surface area contributed by atoms with E-state index in [-0.39, 0.29) is 24.7 Å². The maximum absolute atomic E-state index is 11.2. The highest BCUT2D eigenvalue weighted by Crippen LogP contribution is 2.46. The molecule has 1 saturated carbocycles. The molecule has 1 aliphatic carbocycles. The third kappa shape index (κ3) is 5.81. The molecule has 1 saturated heterocycles.